The first-order valence-electron chi connectivity index (χ1n) is 12.4. The molecule has 1 heterocycles. The first kappa shape index (κ1) is 23.8. The normalized spacial score (nSPS) is 28.5. The van der Waals surface area contributed by atoms with Crippen LogP contribution >= 0.6 is 0 Å². The zero-order chi connectivity index (χ0) is 23.8. The number of carbonyl (C=O) groups is 2. The summed E-state index contributed by atoms with van der Waals surface area (Å²) < 4.78 is 7.55. The molecule has 4 aliphatic carbocycles. The summed E-state index contributed by atoms with van der Waals surface area (Å²) in [5.74, 6) is 3.08. The molecular formula is C25H39N5O3. The highest BCUT2D eigenvalue weighted by atomic mass is 16.5. The summed E-state index contributed by atoms with van der Waals surface area (Å²) in [6.07, 6.45) is 11.3. The number of nitrogens with one attached hydrogen (secondary N) is 2. The fraction of sp³-hybridized carbons (Fsp3) is 0.720. The van der Waals surface area contributed by atoms with Crippen molar-refractivity contribution in [2.75, 3.05) is 13.1 Å². The molecule has 0 saturated heterocycles. The maximum absolute atomic E-state index is 13.3. The van der Waals surface area contributed by atoms with Gasteiger partial charge in [-0.3, -0.25) is 9.59 Å². The SMILES string of the molecule is CC(C)Oc1c(C(=O)NC2C3CC4CC(C3)CC2C4)cnn1/C=C/C(C)(C)C(=O)NCCN. The third kappa shape index (κ3) is 5.10. The highest BCUT2D eigenvalue weighted by Gasteiger charge is 2.48. The predicted octanol–water partition coefficient (Wildman–Crippen LogP) is 2.80. The summed E-state index contributed by atoms with van der Waals surface area (Å²) >= 11 is 0. The maximum atomic E-state index is 13.3. The molecule has 4 bridgehead atoms. The smallest absolute Gasteiger partial charge is 0.258 e. The van der Waals surface area contributed by atoms with Crippen LogP contribution in [-0.2, 0) is 4.79 Å². The van der Waals surface area contributed by atoms with Crippen LogP contribution in [0.15, 0.2) is 12.3 Å². The van der Waals surface area contributed by atoms with Crippen molar-refractivity contribution in [3.05, 3.63) is 17.8 Å². The van der Waals surface area contributed by atoms with E-state index in [0.717, 1.165) is 11.8 Å². The van der Waals surface area contributed by atoms with E-state index in [9.17, 15) is 9.59 Å². The molecule has 33 heavy (non-hydrogen) atoms. The number of aromatic nitrogens is 2. The predicted molar refractivity (Wildman–Crippen MR) is 127 cm³/mol. The van der Waals surface area contributed by atoms with Gasteiger partial charge in [0.1, 0.15) is 5.56 Å². The minimum atomic E-state index is -0.765. The van der Waals surface area contributed by atoms with Crippen LogP contribution in [0, 0.1) is 29.1 Å². The molecule has 1 aromatic rings. The van der Waals surface area contributed by atoms with Gasteiger partial charge in [0.2, 0.25) is 11.8 Å². The highest BCUT2D eigenvalue weighted by Crippen LogP contribution is 2.53. The van der Waals surface area contributed by atoms with E-state index in [1.54, 1.807) is 23.2 Å². The second kappa shape index (κ2) is 9.49. The second-order valence-electron chi connectivity index (χ2n) is 11.0. The zero-order valence-corrected chi connectivity index (χ0v) is 20.3. The van der Waals surface area contributed by atoms with Crippen LogP contribution in [-0.4, -0.2) is 46.8 Å². The Morgan fingerprint density at radius 2 is 1.85 bits per heavy atom. The van der Waals surface area contributed by atoms with Crippen molar-refractivity contribution in [2.45, 2.75) is 71.9 Å². The van der Waals surface area contributed by atoms with E-state index >= 15 is 0 Å². The average molecular weight is 458 g/mol. The van der Waals surface area contributed by atoms with Gasteiger partial charge in [-0.2, -0.15) is 5.10 Å². The molecule has 4 saturated carbocycles. The Hall–Kier alpha value is -2.35. The average Bonchev–Trinajstić information content (AvgIpc) is 3.14. The van der Waals surface area contributed by atoms with Gasteiger partial charge in [-0.15, -0.1) is 0 Å². The lowest BCUT2D eigenvalue weighted by Crippen LogP contribution is -2.55. The first-order valence-corrected chi connectivity index (χ1v) is 12.4. The first-order chi connectivity index (χ1) is 15.7. The van der Waals surface area contributed by atoms with Crippen molar-refractivity contribution in [3.63, 3.8) is 0 Å². The van der Waals surface area contributed by atoms with Crippen LogP contribution < -0.4 is 21.1 Å². The van der Waals surface area contributed by atoms with Crippen LogP contribution in [0.4, 0.5) is 0 Å². The van der Waals surface area contributed by atoms with E-state index in [-0.39, 0.29) is 24.0 Å². The molecule has 4 N–H and O–H groups in total. The summed E-state index contributed by atoms with van der Waals surface area (Å²) in [4.78, 5) is 25.8. The molecule has 4 aliphatic rings. The molecule has 0 aromatic carbocycles. The Morgan fingerprint density at radius 1 is 1.21 bits per heavy atom. The Kier molecular flexibility index (Phi) is 6.84. The van der Waals surface area contributed by atoms with Gasteiger partial charge < -0.3 is 21.1 Å². The summed E-state index contributed by atoms with van der Waals surface area (Å²) in [7, 11) is 0. The fourth-order valence-electron chi connectivity index (χ4n) is 6.09. The molecule has 0 unspecified atom stereocenters. The van der Waals surface area contributed by atoms with Gasteiger partial charge in [0, 0.05) is 25.3 Å². The number of nitrogens with two attached hydrogens (primary N) is 1. The topological polar surface area (TPSA) is 111 Å². The third-order valence-corrected chi connectivity index (χ3v) is 7.51. The lowest BCUT2D eigenvalue weighted by atomic mass is 9.54. The van der Waals surface area contributed by atoms with E-state index in [4.69, 9.17) is 10.5 Å². The summed E-state index contributed by atoms with van der Waals surface area (Å²) in [5.41, 5.74) is 5.16. The monoisotopic (exact) mass is 457 g/mol. The van der Waals surface area contributed by atoms with Crippen molar-refractivity contribution in [1.82, 2.24) is 20.4 Å². The molecule has 0 radical (unpaired) electrons. The lowest BCUT2D eigenvalue weighted by Gasteiger charge is -2.54. The Balaban J connectivity index is 1.50. The number of ether oxygens (including phenoxy) is 1. The Morgan fingerprint density at radius 3 is 2.42 bits per heavy atom. The van der Waals surface area contributed by atoms with E-state index in [0.29, 0.717) is 36.4 Å². The van der Waals surface area contributed by atoms with Crippen molar-refractivity contribution in [3.8, 4) is 5.88 Å². The van der Waals surface area contributed by atoms with Gasteiger partial charge in [-0.1, -0.05) is 6.08 Å². The second-order valence-corrected chi connectivity index (χ2v) is 11.0. The molecule has 182 valence electrons. The van der Waals surface area contributed by atoms with E-state index < -0.39 is 5.41 Å². The lowest BCUT2D eigenvalue weighted by molar-refractivity contribution is -0.127. The molecule has 8 heteroatoms. The molecule has 2 amide bonds. The highest BCUT2D eigenvalue weighted by molar-refractivity contribution is 5.96. The summed E-state index contributed by atoms with van der Waals surface area (Å²) in [6, 6.07) is 0.251. The minimum absolute atomic E-state index is 0.122. The number of hydrogen-bond acceptors (Lipinski definition) is 5. The largest absolute Gasteiger partial charge is 0.474 e. The number of rotatable bonds is 9. The fourth-order valence-corrected chi connectivity index (χ4v) is 6.09. The van der Waals surface area contributed by atoms with E-state index in [1.807, 2.05) is 27.7 Å². The molecular weight excluding hydrogens is 418 g/mol. The van der Waals surface area contributed by atoms with E-state index in [1.165, 1.54) is 32.1 Å². The molecule has 0 spiro atoms. The van der Waals surface area contributed by atoms with Crippen LogP contribution in [0.25, 0.3) is 6.20 Å². The number of hydrogen-bond donors (Lipinski definition) is 3. The third-order valence-electron chi connectivity index (χ3n) is 7.51. The van der Waals surface area contributed by atoms with Gasteiger partial charge in [-0.05, 0) is 83.5 Å². The van der Waals surface area contributed by atoms with Crippen LogP contribution in [0.1, 0.15) is 70.2 Å². The van der Waals surface area contributed by atoms with Gasteiger partial charge in [0.15, 0.2) is 0 Å². The van der Waals surface area contributed by atoms with E-state index in [2.05, 4.69) is 15.7 Å². The van der Waals surface area contributed by atoms with Crippen LogP contribution in [0.3, 0.4) is 0 Å². The number of nitrogens with zero attached hydrogens (tertiary/aromatic N) is 2. The number of carbonyl (C=O) groups excluding carboxylic acids is 2. The van der Waals surface area contributed by atoms with Gasteiger partial charge in [0.25, 0.3) is 5.91 Å². The maximum Gasteiger partial charge on any atom is 0.258 e. The minimum Gasteiger partial charge on any atom is -0.474 e. The quantitative estimate of drug-likeness (QED) is 0.528. The molecule has 4 fully saturated rings. The molecule has 1 aromatic heterocycles. The van der Waals surface area contributed by atoms with Crippen LogP contribution in [0.2, 0.25) is 0 Å². The van der Waals surface area contributed by atoms with Gasteiger partial charge >= 0.3 is 0 Å². The van der Waals surface area contributed by atoms with Crippen LogP contribution in [0.5, 0.6) is 5.88 Å². The summed E-state index contributed by atoms with van der Waals surface area (Å²) in [5, 5.41) is 10.5. The van der Waals surface area contributed by atoms with Gasteiger partial charge in [-0.25, -0.2) is 4.68 Å². The molecule has 5 rings (SSSR count). The zero-order valence-electron chi connectivity index (χ0n) is 20.3. The summed E-state index contributed by atoms with van der Waals surface area (Å²) in [6.45, 7) is 8.30. The molecule has 0 aliphatic heterocycles. The molecule has 0 atom stereocenters. The Bertz CT molecular complexity index is 876. The Labute approximate surface area is 196 Å². The van der Waals surface area contributed by atoms with Crippen molar-refractivity contribution in [1.29, 1.82) is 0 Å². The van der Waals surface area contributed by atoms with Crippen molar-refractivity contribution < 1.29 is 14.3 Å². The van der Waals surface area contributed by atoms with Crippen molar-refractivity contribution >= 4 is 18.0 Å². The van der Waals surface area contributed by atoms with Gasteiger partial charge in [0.05, 0.1) is 17.7 Å². The number of amides is 2. The standard InChI is InChI=1S/C25H39N5O3/c1-15(2)33-23-20(14-28-30(23)8-5-25(3,4)24(32)27-7-6-26)22(31)29-21-18-10-16-9-17(12-18)13-19(21)11-16/h5,8,14-19,21H,6-7,9-13,26H2,1-4H3,(H,27,32)(H,29,31)/b8-5+. The molecule has 8 nitrogen and oxygen atoms in total. The van der Waals surface area contributed by atoms with Crippen molar-refractivity contribution in [2.24, 2.45) is 34.8 Å².